The summed E-state index contributed by atoms with van der Waals surface area (Å²) in [6.45, 7) is 6.13. The Hall–Kier alpha value is -1.83. The first kappa shape index (κ1) is 13.2. The molecule has 90 valence electrons. The molecule has 0 heterocycles. The van der Waals surface area contributed by atoms with E-state index in [4.69, 9.17) is 4.74 Å². The maximum Gasteiger partial charge on any atom is 0.330 e. The van der Waals surface area contributed by atoms with Crippen LogP contribution in [0.4, 0.5) is 0 Å². The largest absolute Gasteiger partial charge is 0.463 e. The molecule has 0 saturated carbocycles. The highest BCUT2D eigenvalue weighted by Crippen LogP contribution is 2.07. The number of hydrogen-bond acceptors (Lipinski definition) is 2. The van der Waals surface area contributed by atoms with E-state index in [9.17, 15) is 4.79 Å². The van der Waals surface area contributed by atoms with E-state index in [2.05, 4.69) is 19.1 Å². The van der Waals surface area contributed by atoms with Gasteiger partial charge in [-0.15, -0.1) is 0 Å². The first-order valence-corrected chi connectivity index (χ1v) is 5.71. The van der Waals surface area contributed by atoms with Gasteiger partial charge in [0.2, 0.25) is 0 Å². The van der Waals surface area contributed by atoms with E-state index >= 15 is 0 Å². The molecule has 1 aromatic rings. The van der Waals surface area contributed by atoms with Gasteiger partial charge in [0.25, 0.3) is 0 Å². The minimum absolute atomic E-state index is 0.293. The monoisotopic (exact) mass is 230 g/mol. The molecule has 2 nitrogen and oxygen atoms in total. The molecule has 0 spiro atoms. The van der Waals surface area contributed by atoms with E-state index < -0.39 is 0 Å². The number of ether oxygens (including phenoxy) is 1. The third kappa shape index (κ3) is 5.16. The van der Waals surface area contributed by atoms with Gasteiger partial charge in [-0.3, -0.25) is 0 Å². The number of benzene rings is 1. The molecule has 0 fully saturated rings. The number of rotatable bonds is 4. The Labute approximate surface area is 103 Å². The van der Waals surface area contributed by atoms with Crippen LogP contribution in [-0.4, -0.2) is 12.6 Å². The molecule has 0 aliphatic heterocycles. The summed E-state index contributed by atoms with van der Waals surface area (Å²) in [6, 6.07) is 8.21. The number of esters is 1. The van der Waals surface area contributed by atoms with E-state index in [1.54, 1.807) is 6.92 Å². The highest BCUT2D eigenvalue weighted by molar-refractivity contribution is 5.83. The average Bonchev–Trinajstić information content (AvgIpc) is 2.28. The molecule has 0 bridgehead atoms. The highest BCUT2D eigenvalue weighted by Gasteiger charge is 1.95. The van der Waals surface area contributed by atoms with Crippen molar-refractivity contribution in [3.63, 3.8) is 0 Å². The van der Waals surface area contributed by atoms with Gasteiger partial charge in [-0.2, -0.15) is 0 Å². The molecular formula is C15H18O2. The Morgan fingerprint density at radius 2 is 1.94 bits per heavy atom. The predicted molar refractivity (Wildman–Crippen MR) is 70.6 cm³/mol. The second kappa shape index (κ2) is 6.69. The number of aryl methyl sites for hydroxylation is 1. The van der Waals surface area contributed by atoms with Crippen molar-refractivity contribution in [2.75, 3.05) is 6.61 Å². The fourth-order valence-electron chi connectivity index (χ4n) is 1.32. The van der Waals surface area contributed by atoms with Crippen molar-refractivity contribution in [2.24, 2.45) is 0 Å². The van der Waals surface area contributed by atoms with Crippen molar-refractivity contribution in [1.82, 2.24) is 0 Å². The summed E-state index contributed by atoms with van der Waals surface area (Å²) in [5, 5.41) is 0. The number of carbonyl (C=O) groups is 1. The van der Waals surface area contributed by atoms with Gasteiger partial charge in [0.1, 0.15) is 0 Å². The van der Waals surface area contributed by atoms with Gasteiger partial charge in [-0.25, -0.2) is 4.79 Å². The molecule has 0 aromatic heterocycles. The fraction of sp³-hybridized carbons (Fsp3) is 0.267. The lowest BCUT2D eigenvalue weighted by molar-refractivity contribution is -0.137. The molecular weight excluding hydrogens is 212 g/mol. The normalized spacial score (nSPS) is 11.8. The van der Waals surface area contributed by atoms with Crippen LogP contribution >= 0.6 is 0 Å². The quantitative estimate of drug-likeness (QED) is 0.449. The van der Waals surface area contributed by atoms with Crippen molar-refractivity contribution in [3.8, 4) is 0 Å². The van der Waals surface area contributed by atoms with Crippen LogP contribution in [0.15, 0.2) is 42.0 Å². The average molecular weight is 230 g/mol. The Balaban J connectivity index is 2.64. The molecule has 0 N–H and O–H groups in total. The van der Waals surface area contributed by atoms with Gasteiger partial charge in [0.05, 0.1) is 6.61 Å². The molecule has 0 saturated heterocycles. The molecule has 1 aromatic carbocycles. The molecule has 2 heteroatoms. The minimum atomic E-state index is -0.293. The lowest BCUT2D eigenvalue weighted by atomic mass is 10.1. The van der Waals surface area contributed by atoms with Crippen molar-refractivity contribution >= 4 is 12.0 Å². The van der Waals surface area contributed by atoms with Crippen LogP contribution in [0.25, 0.3) is 6.08 Å². The van der Waals surface area contributed by atoms with Gasteiger partial charge >= 0.3 is 5.97 Å². The lowest BCUT2D eigenvalue weighted by Gasteiger charge is -1.97. The van der Waals surface area contributed by atoms with Crippen molar-refractivity contribution in [2.45, 2.75) is 20.8 Å². The number of hydrogen-bond donors (Lipinski definition) is 0. The second-order valence-electron chi connectivity index (χ2n) is 3.88. The Morgan fingerprint density at radius 1 is 1.29 bits per heavy atom. The first-order chi connectivity index (χ1) is 8.11. The van der Waals surface area contributed by atoms with Crippen LogP contribution in [0.1, 0.15) is 25.0 Å². The SMILES string of the molecule is CCOC(=O)C=C(C)C=Cc1ccc(C)cc1. The van der Waals surface area contributed by atoms with Gasteiger partial charge in [0.15, 0.2) is 0 Å². The maximum absolute atomic E-state index is 11.2. The zero-order valence-electron chi connectivity index (χ0n) is 10.6. The summed E-state index contributed by atoms with van der Waals surface area (Å²) in [7, 11) is 0. The van der Waals surface area contributed by atoms with E-state index in [-0.39, 0.29) is 5.97 Å². The fourth-order valence-corrected chi connectivity index (χ4v) is 1.32. The maximum atomic E-state index is 11.2. The number of carbonyl (C=O) groups excluding carboxylic acids is 1. The van der Waals surface area contributed by atoms with Crippen molar-refractivity contribution < 1.29 is 9.53 Å². The summed E-state index contributed by atoms with van der Waals surface area (Å²) in [5.41, 5.74) is 3.23. The van der Waals surface area contributed by atoms with E-state index in [0.717, 1.165) is 11.1 Å². The minimum Gasteiger partial charge on any atom is -0.463 e. The van der Waals surface area contributed by atoms with Crippen LogP contribution < -0.4 is 0 Å². The highest BCUT2D eigenvalue weighted by atomic mass is 16.5. The van der Waals surface area contributed by atoms with Crippen molar-refractivity contribution in [3.05, 3.63) is 53.1 Å². The van der Waals surface area contributed by atoms with Crippen LogP contribution in [0.5, 0.6) is 0 Å². The molecule has 0 aliphatic carbocycles. The Morgan fingerprint density at radius 3 is 2.53 bits per heavy atom. The van der Waals surface area contributed by atoms with Crippen LogP contribution in [0.2, 0.25) is 0 Å². The third-order valence-electron chi connectivity index (χ3n) is 2.25. The molecule has 1 rings (SSSR count). The van der Waals surface area contributed by atoms with Crippen molar-refractivity contribution in [1.29, 1.82) is 0 Å². The van der Waals surface area contributed by atoms with Gasteiger partial charge in [0, 0.05) is 6.08 Å². The molecule has 0 radical (unpaired) electrons. The zero-order chi connectivity index (χ0) is 12.7. The summed E-state index contributed by atoms with van der Waals surface area (Å²) >= 11 is 0. The molecule has 0 aliphatic rings. The lowest BCUT2D eigenvalue weighted by Crippen LogP contribution is -1.99. The summed E-state index contributed by atoms with van der Waals surface area (Å²) in [6.07, 6.45) is 5.38. The first-order valence-electron chi connectivity index (χ1n) is 5.71. The van der Waals surface area contributed by atoms with Gasteiger partial charge < -0.3 is 4.74 Å². The third-order valence-corrected chi connectivity index (χ3v) is 2.25. The summed E-state index contributed by atoms with van der Waals surface area (Å²) in [5.74, 6) is -0.293. The van der Waals surface area contributed by atoms with Crippen LogP contribution in [-0.2, 0) is 9.53 Å². The van der Waals surface area contributed by atoms with E-state index in [0.29, 0.717) is 6.61 Å². The van der Waals surface area contributed by atoms with Gasteiger partial charge in [-0.05, 0) is 31.9 Å². The van der Waals surface area contributed by atoms with Gasteiger partial charge in [-0.1, -0.05) is 42.0 Å². The summed E-state index contributed by atoms with van der Waals surface area (Å²) < 4.78 is 4.83. The van der Waals surface area contributed by atoms with Crippen LogP contribution in [0, 0.1) is 6.92 Å². The zero-order valence-corrected chi connectivity index (χ0v) is 10.6. The smallest absolute Gasteiger partial charge is 0.330 e. The Kier molecular flexibility index (Phi) is 5.21. The molecule has 0 unspecified atom stereocenters. The van der Waals surface area contributed by atoms with E-state index in [1.165, 1.54) is 11.6 Å². The molecule has 0 atom stereocenters. The van der Waals surface area contributed by atoms with E-state index in [1.807, 2.05) is 31.2 Å². The topological polar surface area (TPSA) is 26.3 Å². The number of allylic oxidation sites excluding steroid dienone is 2. The Bertz CT molecular complexity index is 425. The predicted octanol–water partition coefficient (Wildman–Crippen LogP) is 3.52. The standard InChI is InChI=1S/C15H18O2/c1-4-17-15(16)11-13(3)7-10-14-8-5-12(2)6-9-14/h5-11H,4H2,1-3H3. The summed E-state index contributed by atoms with van der Waals surface area (Å²) in [4.78, 5) is 11.2. The molecule has 0 amide bonds. The molecule has 17 heavy (non-hydrogen) atoms. The van der Waals surface area contributed by atoms with Crippen LogP contribution in [0.3, 0.4) is 0 Å². The second-order valence-corrected chi connectivity index (χ2v) is 3.88.